The number of hydrogen-bond acceptors (Lipinski definition) is 4. The Kier molecular flexibility index (Phi) is 3.18. The Balaban J connectivity index is 2.63. The molecule has 6 nitrogen and oxygen atoms in total. The summed E-state index contributed by atoms with van der Waals surface area (Å²) in [4.78, 5) is 25.3. The Morgan fingerprint density at radius 3 is 2.89 bits per heavy atom. The number of imidazole rings is 1. The molecule has 0 unspecified atom stereocenters. The van der Waals surface area contributed by atoms with Gasteiger partial charge < -0.3 is 0 Å². The van der Waals surface area contributed by atoms with Crippen molar-refractivity contribution in [2.45, 2.75) is 13.3 Å². The van der Waals surface area contributed by atoms with Crippen molar-refractivity contribution in [3.8, 4) is 5.69 Å². The minimum absolute atomic E-state index is 0.104. The Morgan fingerprint density at radius 1 is 1.50 bits per heavy atom. The van der Waals surface area contributed by atoms with E-state index in [0.29, 0.717) is 18.4 Å². The number of carbonyl (C=O) groups is 1. The van der Waals surface area contributed by atoms with E-state index in [1.165, 1.54) is 6.07 Å². The summed E-state index contributed by atoms with van der Waals surface area (Å²) in [6.45, 7) is 1.92. The standard InChI is InChI=1S/C12H11N3O3/c1-2-12-13-5-6-14(12)10-4-3-9(8-16)7-11(10)15(17)18/h3-8H,2H2,1H3. The second-order valence-corrected chi connectivity index (χ2v) is 3.69. The predicted molar refractivity (Wildman–Crippen MR) is 65.0 cm³/mol. The molecule has 92 valence electrons. The zero-order valence-electron chi connectivity index (χ0n) is 9.74. The topological polar surface area (TPSA) is 78.0 Å². The van der Waals surface area contributed by atoms with Crippen LogP contribution in [-0.2, 0) is 6.42 Å². The van der Waals surface area contributed by atoms with Crippen molar-refractivity contribution in [2.75, 3.05) is 0 Å². The van der Waals surface area contributed by atoms with Crippen LogP contribution in [0.3, 0.4) is 0 Å². The molecule has 1 heterocycles. The third-order valence-electron chi connectivity index (χ3n) is 2.63. The molecule has 0 aliphatic carbocycles. The predicted octanol–water partition coefficient (Wildman–Crippen LogP) is 2.16. The fraction of sp³-hybridized carbons (Fsp3) is 0.167. The van der Waals surface area contributed by atoms with E-state index in [0.717, 1.165) is 5.82 Å². The number of aryl methyl sites for hydroxylation is 1. The van der Waals surface area contributed by atoms with Crippen LogP contribution in [0.25, 0.3) is 5.69 Å². The zero-order chi connectivity index (χ0) is 13.1. The molecule has 0 atom stereocenters. The highest BCUT2D eigenvalue weighted by molar-refractivity contribution is 5.77. The lowest BCUT2D eigenvalue weighted by atomic mass is 10.2. The molecule has 0 bridgehead atoms. The van der Waals surface area contributed by atoms with Crippen molar-refractivity contribution in [1.82, 2.24) is 9.55 Å². The molecule has 0 aliphatic rings. The van der Waals surface area contributed by atoms with Crippen LogP contribution < -0.4 is 0 Å². The number of nitrogens with zero attached hydrogens (tertiary/aromatic N) is 3. The molecule has 2 aromatic rings. The van der Waals surface area contributed by atoms with Crippen LogP contribution in [0.5, 0.6) is 0 Å². The number of benzene rings is 1. The first-order valence-electron chi connectivity index (χ1n) is 5.43. The van der Waals surface area contributed by atoms with Crippen molar-refractivity contribution in [3.05, 3.63) is 52.1 Å². The number of nitro groups is 1. The van der Waals surface area contributed by atoms with Crippen LogP contribution in [0.4, 0.5) is 5.69 Å². The number of rotatable bonds is 4. The summed E-state index contributed by atoms with van der Waals surface area (Å²) in [5.41, 5.74) is 0.593. The van der Waals surface area contributed by atoms with Crippen molar-refractivity contribution in [2.24, 2.45) is 0 Å². The van der Waals surface area contributed by atoms with Gasteiger partial charge in [0, 0.05) is 30.4 Å². The Labute approximate surface area is 103 Å². The third kappa shape index (κ3) is 2.00. The van der Waals surface area contributed by atoms with Gasteiger partial charge in [-0.1, -0.05) is 6.92 Å². The maximum absolute atomic E-state index is 11.0. The number of hydrogen-bond donors (Lipinski definition) is 0. The lowest BCUT2D eigenvalue weighted by Gasteiger charge is -2.07. The van der Waals surface area contributed by atoms with Gasteiger partial charge in [0.2, 0.25) is 0 Å². The van der Waals surface area contributed by atoms with E-state index in [1.807, 2.05) is 6.92 Å². The summed E-state index contributed by atoms with van der Waals surface area (Å²) in [7, 11) is 0. The summed E-state index contributed by atoms with van der Waals surface area (Å²) >= 11 is 0. The van der Waals surface area contributed by atoms with E-state index in [1.54, 1.807) is 29.1 Å². The van der Waals surface area contributed by atoms with Gasteiger partial charge in [0.05, 0.1) is 4.92 Å². The molecule has 6 heteroatoms. The molecule has 0 radical (unpaired) electrons. The highest BCUT2D eigenvalue weighted by atomic mass is 16.6. The summed E-state index contributed by atoms with van der Waals surface area (Å²) in [5, 5.41) is 11.0. The zero-order valence-corrected chi connectivity index (χ0v) is 9.74. The fourth-order valence-electron chi connectivity index (χ4n) is 1.78. The van der Waals surface area contributed by atoms with Gasteiger partial charge in [0.1, 0.15) is 17.8 Å². The molecular weight excluding hydrogens is 234 g/mol. The maximum Gasteiger partial charge on any atom is 0.293 e. The molecule has 0 saturated heterocycles. The average molecular weight is 245 g/mol. The molecule has 0 N–H and O–H groups in total. The summed E-state index contributed by atoms with van der Waals surface area (Å²) in [6.07, 6.45) is 4.52. The van der Waals surface area contributed by atoms with Crippen LogP contribution in [0.1, 0.15) is 23.1 Å². The van der Waals surface area contributed by atoms with E-state index in [4.69, 9.17) is 0 Å². The Hall–Kier alpha value is -2.50. The lowest BCUT2D eigenvalue weighted by Crippen LogP contribution is -2.03. The average Bonchev–Trinajstić information content (AvgIpc) is 2.86. The van der Waals surface area contributed by atoms with Crippen molar-refractivity contribution >= 4 is 12.0 Å². The maximum atomic E-state index is 11.0. The van der Waals surface area contributed by atoms with Gasteiger partial charge in [-0.15, -0.1) is 0 Å². The van der Waals surface area contributed by atoms with Crippen molar-refractivity contribution in [3.63, 3.8) is 0 Å². The SMILES string of the molecule is CCc1nccn1-c1ccc(C=O)cc1[N+](=O)[O-]. The molecule has 18 heavy (non-hydrogen) atoms. The van der Waals surface area contributed by atoms with Crippen LogP contribution in [-0.4, -0.2) is 20.8 Å². The number of nitro benzene ring substituents is 1. The summed E-state index contributed by atoms with van der Waals surface area (Å²) in [5.74, 6) is 0.733. The highest BCUT2D eigenvalue weighted by Gasteiger charge is 2.17. The van der Waals surface area contributed by atoms with Gasteiger partial charge in [0.25, 0.3) is 5.69 Å². The number of aromatic nitrogens is 2. The summed E-state index contributed by atoms with van der Waals surface area (Å²) < 4.78 is 1.66. The van der Waals surface area contributed by atoms with E-state index < -0.39 is 4.92 Å². The quantitative estimate of drug-likeness (QED) is 0.469. The van der Waals surface area contributed by atoms with Crippen LogP contribution in [0, 0.1) is 10.1 Å². The minimum atomic E-state index is -0.498. The second kappa shape index (κ2) is 4.79. The normalized spacial score (nSPS) is 10.3. The molecular formula is C12H11N3O3. The molecule has 0 spiro atoms. The monoisotopic (exact) mass is 245 g/mol. The molecule has 2 rings (SSSR count). The number of carbonyl (C=O) groups excluding carboxylic acids is 1. The van der Waals surface area contributed by atoms with E-state index in [9.17, 15) is 14.9 Å². The third-order valence-corrected chi connectivity index (χ3v) is 2.63. The molecule has 1 aromatic heterocycles. The fourth-order valence-corrected chi connectivity index (χ4v) is 1.78. The molecule has 0 fully saturated rings. The first-order chi connectivity index (χ1) is 8.67. The Bertz CT molecular complexity index is 604. The van der Waals surface area contributed by atoms with E-state index in [2.05, 4.69) is 4.98 Å². The van der Waals surface area contributed by atoms with Gasteiger partial charge in [-0.25, -0.2) is 4.98 Å². The van der Waals surface area contributed by atoms with Crippen molar-refractivity contribution < 1.29 is 9.72 Å². The van der Waals surface area contributed by atoms with Gasteiger partial charge in [-0.2, -0.15) is 0 Å². The van der Waals surface area contributed by atoms with Crippen LogP contribution in [0.2, 0.25) is 0 Å². The molecule has 0 amide bonds. The molecule has 0 saturated carbocycles. The summed E-state index contributed by atoms with van der Waals surface area (Å²) in [6, 6.07) is 4.37. The van der Waals surface area contributed by atoms with Gasteiger partial charge in [-0.3, -0.25) is 19.5 Å². The molecule has 1 aromatic carbocycles. The van der Waals surface area contributed by atoms with E-state index >= 15 is 0 Å². The van der Waals surface area contributed by atoms with Crippen molar-refractivity contribution in [1.29, 1.82) is 0 Å². The largest absolute Gasteiger partial charge is 0.298 e. The molecule has 0 aliphatic heterocycles. The first kappa shape index (κ1) is 12.0. The van der Waals surface area contributed by atoms with Crippen LogP contribution >= 0.6 is 0 Å². The highest BCUT2D eigenvalue weighted by Crippen LogP contribution is 2.24. The number of aldehydes is 1. The van der Waals surface area contributed by atoms with Gasteiger partial charge >= 0.3 is 0 Å². The van der Waals surface area contributed by atoms with Gasteiger partial charge in [0.15, 0.2) is 0 Å². The lowest BCUT2D eigenvalue weighted by molar-refractivity contribution is -0.384. The van der Waals surface area contributed by atoms with E-state index in [-0.39, 0.29) is 11.3 Å². The minimum Gasteiger partial charge on any atom is -0.298 e. The van der Waals surface area contributed by atoms with Crippen LogP contribution in [0.15, 0.2) is 30.6 Å². The second-order valence-electron chi connectivity index (χ2n) is 3.69. The Morgan fingerprint density at radius 2 is 2.28 bits per heavy atom. The van der Waals surface area contributed by atoms with Gasteiger partial charge in [-0.05, 0) is 12.1 Å². The smallest absolute Gasteiger partial charge is 0.293 e. The first-order valence-corrected chi connectivity index (χ1v) is 5.43.